The third-order valence-electron chi connectivity index (χ3n) is 4.58. The van der Waals surface area contributed by atoms with Gasteiger partial charge in [-0.25, -0.2) is 0 Å². The van der Waals surface area contributed by atoms with Crippen LogP contribution in [0.2, 0.25) is 0 Å². The quantitative estimate of drug-likeness (QED) is 0.738. The number of aromatic hydroxyl groups is 1. The van der Waals surface area contributed by atoms with Crippen LogP contribution in [0.3, 0.4) is 0 Å². The molecule has 3 rings (SSSR count). The lowest BCUT2D eigenvalue weighted by molar-refractivity contribution is 0.117. The van der Waals surface area contributed by atoms with Crippen LogP contribution < -0.4 is 4.74 Å². The fraction of sp³-hybridized carbons (Fsp3) is 0.600. The zero-order valence-corrected chi connectivity index (χ0v) is 10.8. The lowest BCUT2D eigenvalue weighted by Gasteiger charge is -2.38. The number of hydrogen-bond donors (Lipinski definition) is 1. The summed E-state index contributed by atoms with van der Waals surface area (Å²) >= 11 is 0. The van der Waals surface area contributed by atoms with Crippen molar-refractivity contribution >= 4 is 0 Å². The van der Waals surface area contributed by atoms with Crippen molar-refractivity contribution in [3.8, 4) is 11.5 Å². The van der Waals surface area contributed by atoms with Crippen LogP contribution in [0.1, 0.15) is 53.9 Å². The van der Waals surface area contributed by atoms with Crippen LogP contribution in [-0.2, 0) is 0 Å². The summed E-state index contributed by atoms with van der Waals surface area (Å²) in [6.45, 7) is 6.07. The highest BCUT2D eigenvalue weighted by molar-refractivity contribution is 5.59. The van der Waals surface area contributed by atoms with Gasteiger partial charge in [0, 0.05) is 5.56 Å². The van der Waals surface area contributed by atoms with Gasteiger partial charge in [0.15, 0.2) is 0 Å². The highest BCUT2D eigenvalue weighted by atomic mass is 16.5. The summed E-state index contributed by atoms with van der Waals surface area (Å²) in [5.41, 5.74) is 4.41. The fourth-order valence-corrected chi connectivity index (χ4v) is 3.45. The molecule has 1 N–H and O–H groups in total. The minimum absolute atomic E-state index is 0.406. The van der Waals surface area contributed by atoms with Crippen LogP contribution in [0, 0.1) is 20.8 Å². The minimum atomic E-state index is 0.406. The third kappa shape index (κ3) is 1.46. The van der Waals surface area contributed by atoms with Crippen LogP contribution in [0.5, 0.6) is 11.5 Å². The summed E-state index contributed by atoms with van der Waals surface area (Å²) in [5.74, 6) is 2.13. The highest BCUT2D eigenvalue weighted by Gasteiger charge is 2.35. The van der Waals surface area contributed by atoms with Crippen molar-refractivity contribution in [2.24, 2.45) is 0 Å². The molecule has 1 heterocycles. The molecule has 1 aliphatic carbocycles. The van der Waals surface area contributed by atoms with Crippen LogP contribution >= 0.6 is 0 Å². The molecule has 1 aromatic carbocycles. The Morgan fingerprint density at radius 1 is 1.06 bits per heavy atom. The summed E-state index contributed by atoms with van der Waals surface area (Å²) < 4.78 is 6.14. The van der Waals surface area contributed by atoms with Crippen molar-refractivity contribution in [2.45, 2.75) is 58.5 Å². The molecule has 17 heavy (non-hydrogen) atoms. The summed E-state index contributed by atoms with van der Waals surface area (Å²) in [5, 5.41) is 10.2. The molecule has 92 valence electrons. The second kappa shape index (κ2) is 3.66. The fourth-order valence-electron chi connectivity index (χ4n) is 3.45. The molecule has 1 aliphatic heterocycles. The van der Waals surface area contributed by atoms with Gasteiger partial charge in [0.25, 0.3) is 0 Å². The first-order valence-corrected chi connectivity index (χ1v) is 6.59. The topological polar surface area (TPSA) is 29.5 Å². The van der Waals surface area contributed by atoms with Gasteiger partial charge in [0.2, 0.25) is 0 Å². The number of hydrogen-bond acceptors (Lipinski definition) is 2. The number of rotatable bonds is 0. The van der Waals surface area contributed by atoms with E-state index in [1.165, 1.54) is 24.8 Å². The molecule has 0 amide bonds. The molecular weight excluding hydrogens is 212 g/mol. The van der Waals surface area contributed by atoms with Gasteiger partial charge >= 0.3 is 0 Å². The van der Waals surface area contributed by atoms with Crippen molar-refractivity contribution < 1.29 is 9.84 Å². The van der Waals surface area contributed by atoms with E-state index in [4.69, 9.17) is 4.74 Å². The maximum Gasteiger partial charge on any atom is 0.126 e. The average Bonchev–Trinajstić information content (AvgIpc) is 2.33. The molecule has 1 saturated carbocycles. The highest BCUT2D eigenvalue weighted by Crippen LogP contribution is 2.49. The van der Waals surface area contributed by atoms with Crippen molar-refractivity contribution in [3.63, 3.8) is 0 Å². The van der Waals surface area contributed by atoms with Gasteiger partial charge < -0.3 is 9.84 Å². The van der Waals surface area contributed by atoms with E-state index in [1.54, 1.807) is 0 Å². The number of fused-ring (bicyclic) bond motifs is 4. The Hall–Kier alpha value is -1.18. The van der Waals surface area contributed by atoms with Crippen LogP contribution in [0.4, 0.5) is 0 Å². The Kier molecular flexibility index (Phi) is 2.35. The maximum absolute atomic E-state index is 10.2. The van der Waals surface area contributed by atoms with E-state index in [0.29, 0.717) is 17.8 Å². The smallest absolute Gasteiger partial charge is 0.126 e. The standard InChI is InChI=1S/C15H20O2/c1-8-9(2)15-13(10(3)14(8)16)11-5-4-6-12(7-11)17-15/h11-12,16H,4-7H2,1-3H3. The molecule has 2 atom stereocenters. The molecule has 2 aliphatic rings. The molecule has 2 bridgehead atoms. The molecule has 2 heteroatoms. The van der Waals surface area contributed by atoms with Crippen molar-refractivity contribution in [3.05, 3.63) is 22.3 Å². The number of phenols is 1. The number of ether oxygens (including phenoxy) is 1. The van der Waals surface area contributed by atoms with Gasteiger partial charge in [0.05, 0.1) is 6.10 Å². The Morgan fingerprint density at radius 3 is 2.59 bits per heavy atom. The molecule has 1 fully saturated rings. The Morgan fingerprint density at radius 2 is 1.82 bits per heavy atom. The first-order valence-electron chi connectivity index (χ1n) is 6.59. The molecule has 0 saturated heterocycles. The monoisotopic (exact) mass is 232 g/mol. The van der Waals surface area contributed by atoms with Crippen LogP contribution in [-0.4, -0.2) is 11.2 Å². The van der Waals surface area contributed by atoms with Crippen molar-refractivity contribution in [1.29, 1.82) is 0 Å². The van der Waals surface area contributed by atoms with E-state index in [-0.39, 0.29) is 0 Å². The normalized spacial score (nSPS) is 26.3. The van der Waals surface area contributed by atoms with Gasteiger partial charge in [-0.15, -0.1) is 0 Å². The second-order valence-corrected chi connectivity index (χ2v) is 5.57. The molecular formula is C15H20O2. The lowest BCUT2D eigenvalue weighted by atomic mass is 9.77. The van der Waals surface area contributed by atoms with Crippen molar-refractivity contribution in [2.75, 3.05) is 0 Å². The predicted molar refractivity (Wildman–Crippen MR) is 67.9 cm³/mol. The largest absolute Gasteiger partial charge is 0.507 e. The number of benzene rings is 1. The Balaban J connectivity index is 2.24. The Bertz CT molecular complexity index is 477. The lowest BCUT2D eigenvalue weighted by Crippen LogP contribution is -2.30. The third-order valence-corrected chi connectivity index (χ3v) is 4.58. The van der Waals surface area contributed by atoms with E-state index in [2.05, 4.69) is 6.92 Å². The van der Waals surface area contributed by atoms with Crippen molar-refractivity contribution in [1.82, 2.24) is 0 Å². The van der Waals surface area contributed by atoms with Crippen LogP contribution in [0.25, 0.3) is 0 Å². The van der Waals surface area contributed by atoms with E-state index in [9.17, 15) is 5.11 Å². The van der Waals surface area contributed by atoms with E-state index >= 15 is 0 Å². The Labute approximate surface area is 103 Å². The zero-order chi connectivity index (χ0) is 12.2. The van der Waals surface area contributed by atoms with E-state index in [1.807, 2.05) is 13.8 Å². The maximum atomic E-state index is 10.2. The van der Waals surface area contributed by atoms with E-state index in [0.717, 1.165) is 28.9 Å². The molecule has 0 spiro atoms. The SMILES string of the molecule is Cc1c(C)c2c(c(C)c1O)C1CCCC(C1)O2. The van der Waals surface area contributed by atoms with E-state index < -0.39 is 0 Å². The summed E-state index contributed by atoms with van der Waals surface area (Å²) in [4.78, 5) is 0. The molecule has 2 nitrogen and oxygen atoms in total. The van der Waals surface area contributed by atoms with Gasteiger partial charge in [-0.3, -0.25) is 0 Å². The second-order valence-electron chi connectivity index (χ2n) is 5.57. The summed E-state index contributed by atoms with van der Waals surface area (Å²) in [6, 6.07) is 0. The van der Waals surface area contributed by atoms with Gasteiger partial charge in [-0.05, 0) is 69.1 Å². The van der Waals surface area contributed by atoms with Gasteiger partial charge in [0.1, 0.15) is 11.5 Å². The first kappa shape index (κ1) is 10.9. The molecule has 0 aromatic heterocycles. The van der Waals surface area contributed by atoms with Gasteiger partial charge in [-0.2, -0.15) is 0 Å². The number of phenolic OH excluding ortho intramolecular Hbond substituents is 1. The summed E-state index contributed by atoms with van der Waals surface area (Å²) in [6.07, 6.45) is 5.23. The minimum Gasteiger partial charge on any atom is -0.507 e. The predicted octanol–water partition coefficient (Wildman–Crippen LogP) is 3.74. The molecule has 0 radical (unpaired) electrons. The summed E-state index contributed by atoms with van der Waals surface area (Å²) in [7, 11) is 0. The average molecular weight is 232 g/mol. The van der Waals surface area contributed by atoms with Gasteiger partial charge in [-0.1, -0.05) is 0 Å². The first-order chi connectivity index (χ1) is 8.09. The van der Waals surface area contributed by atoms with Crippen LogP contribution in [0.15, 0.2) is 0 Å². The molecule has 1 aromatic rings. The zero-order valence-electron chi connectivity index (χ0n) is 10.8. The molecule has 2 unspecified atom stereocenters.